The van der Waals surface area contributed by atoms with Crippen LogP contribution >= 0.6 is 0 Å². The highest BCUT2D eigenvalue weighted by molar-refractivity contribution is 6.03. The molecule has 2 aliphatic heterocycles. The van der Waals surface area contributed by atoms with Crippen molar-refractivity contribution >= 4 is 23.5 Å². The van der Waals surface area contributed by atoms with E-state index in [1.807, 2.05) is 67.6 Å². The molecular weight excluding hydrogens is 584 g/mol. The molecule has 3 amide bonds. The SMILES string of the molecule is C=C(CN1CCOCC1)C(=O)NCc1ccccc1.CCN1C(=O)C(NC(=O)c2ccnn2C)Cc2cnn(-c3ccccc3)c21. The van der Waals surface area contributed by atoms with E-state index in [9.17, 15) is 14.4 Å². The van der Waals surface area contributed by atoms with Crippen molar-refractivity contribution in [1.29, 1.82) is 0 Å². The van der Waals surface area contributed by atoms with Crippen LogP contribution < -0.4 is 15.5 Å². The molecule has 0 saturated carbocycles. The largest absolute Gasteiger partial charge is 0.379 e. The van der Waals surface area contributed by atoms with E-state index >= 15 is 0 Å². The zero-order valence-corrected chi connectivity index (χ0v) is 26.3. The summed E-state index contributed by atoms with van der Waals surface area (Å²) >= 11 is 0. The summed E-state index contributed by atoms with van der Waals surface area (Å²) in [5.41, 5.74) is 3.93. The zero-order chi connectivity index (χ0) is 32.5. The van der Waals surface area contributed by atoms with E-state index in [0.29, 0.717) is 37.3 Å². The van der Waals surface area contributed by atoms with Crippen molar-refractivity contribution in [3.63, 3.8) is 0 Å². The van der Waals surface area contributed by atoms with Gasteiger partial charge in [-0.1, -0.05) is 55.1 Å². The number of carbonyl (C=O) groups is 3. The van der Waals surface area contributed by atoms with Crippen LogP contribution in [0.5, 0.6) is 0 Å². The molecular formula is C34H40N8O4. The average molecular weight is 625 g/mol. The van der Waals surface area contributed by atoms with Crippen molar-refractivity contribution in [1.82, 2.24) is 35.1 Å². The van der Waals surface area contributed by atoms with E-state index in [-0.39, 0.29) is 17.7 Å². The van der Waals surface area contributed by atoms with Gasteiger partial charge in [0.05, 0.1) is 25.1 Å². The Morgan fingerprint density at radius 1 is 1.00 bits per heavy atom. The van der Waals surface area contributed by atoms with Gasteiger partial charge in [-0.2, -0.15) is 10.2 Å². The number of ether oxygens (including phenoxy) is 1. The Morgan fingerprint density at radius 3 is 2.35 bits per heavy atom. The highest BCUT2D eigenvalue weighted by atomic mass is 16.5. The van der Waals surface area contributed by atoms with Gasteiger partial charge in [-0.25, -0.2) is 4.68 Å². The Hall–Kier alpha value is -5.07. The van der Waals surface area contributed by atoms with Gasteiger partial charge in [0.2, 0.25) is 5.91 Å². The number of nitrogens with one attached hydrogen (secondary N) is 2. The zero-order valence-electron chi connectivity index (χ0n) is 26.3. The van der Waals surface area contributed by atoms with Crippen LogP contribution in [0.25, 0.3) is 5.69 Å². The molecule has 46 heavy (non-hydrogen) atoms. The topological polar surface area (TPSA) is 127 Å². The van der Waals surface area contributed by atoms with Crippen molar-refractivity contribution in [2.24, 2.45) is 7.05 Å². The van der Waals surface area contributed by atoms with Crippen molar-refractivity contribution in [3.05, 3.63) is 108 Å². The lowest BCUT2D eigenvalue weighted by molar-refractivity contribution is -0.121. The highest BCUT2D eigenvalue weighted by Gasteiger charge is 2.36. The number of hydrogen-bond acceptors (Lipinski definition) is 7. The number of benzene rings is 2. The number of anilines is 1. The first-order valence-electron chi connectivity index (χ1n) is 15.4. The number of amides is 3. The molecule has 0 spiro atoms. The third-order valence-corrected chi connectivity index (χ3v) is 7.87. The maximum Gasteiger partial charge on any atom is 0.270 e. The molecule has 2 aliphatic rings. The lowest BCUT2D eigenvalue weighted by atomic mass is 10.0. The average Bonchev–Trinajstić information content (AvgIpc) is 3.71. The van der Waals surface area contributed by atoms with Crippen LogP contribution in [0.2, 0.25) is 0 Å². The number of para-hydroxylation sites is 1. The number of likely N-dealkylation sites (N-methyl/N-ethyl adjacent to an activating group) is 1. The van der Waals surface area contributed by atoms with Crippen LogP contribution in [0, 0.1) is 0 Å². The molecule has 4 heterocycles. The minimum atomic E-state index is -0.631. The summed E-state index contributed by atoms with van der Waals surface area (Å²) in [4.78, 5) is 41.3. The summed E-state index contributed by atoms with van der Waals surface area (Å²) in [6.07, 6.45) is 3.72. The van der Waals surface area contributed by atoms with Crippen molar-refractivity contribution < 1.29 is 19.1 Å². The normalized spacial score (nSPS) is 16.2. The van der Waals surface area contributed by atoms with Gasteiger partial charge in [-0.3, -0.25) is 28.9 Å². The molecule has 12 nitrogen and oxygen atoms in total. The number of fused-ring (bicyclic) bond motifs is 1. The van der Waals surface area contributed by atoms with E-state index in [1.54, 1.807) is 35.1 Å². The van der Waals surface area contributed by atoms with Crippen molar-refractivity contribution in [2.75, 3.05) is 44.3 Å². The fraction of sp³-hybridized carbons (Fsp3) is 0.324. The van der Waals surface area contributed by atoms with Gasteiger partial charge in [0.25, 0.3) is 11.8 Å². The van der Waals surface area contributed by atoms with Gasteiger partial charge >= 0.3 is 0 Å². The molecule has 2 aromatic heterocycles. The molecule has 1 saturated heterocycles. The maximum absolute atomic E-state index is 13.0. The Bertz CT molecular complexity index is 1640. The molecule has 2 N–H and O–H groups in total. The molecule has 240 valence electrons. The van der Waals surface area contributed by atoms with E-state index in [0.717, 1.165) is 48.9 Å². The Balaban J connectivity index is 0.000000193. The fourth-order valence-corrected chi connectivity index (χ4v) is 5.42. The number of aromatic nitrogens is 4. The first-order chi connectivity index (χ1) is 22.4. The second-order valence-electron chi connectivity index (χ2n) is 11.1. The number of rotatable bonds is 9. The van der Waals surface area contributed by atoms with E-state index in [4.69, 9.17) is 4.74 Å². The predicted octanol–water partition coefficient (Wildman–Crippen LogP) is 2.50. The minimum Gasteiger partial charge on any atom is -0.379 e. The molecule has 0 radical (unpaired) electrons. The Labute approximate surface area is 268 Å². The van der Waals surface area contributed by atoms with Crippen molar-refractivity contribution in [2.45, 2.75) is 25.9 Å². The number of hydrogen-bond donors (Lipinski definition) is 2. The molecule has 1 unspecified atom stereocenters. The number of carbonyl (C=O) groups excluding carboxylic acids is 3. The second-order valence-corrected chi connectivity index (χ2v) is 11.1. The standard InChI is InChI=1S/C19H20N6O2.C15H20N2O2/c1-3-24-18-13(12-21-25(18)14-7-5-4-6-8-14)11-15(19(24)27)22-17(26)16-9-10-20-23(16)2;1-13(12-17-7-9-19-10-8-17)15(18)16-11-14-5-3-2-4-6-14/h4-10,12,15H,3,11H2,1-2H3,(H,22,26);2-6H,1,7-12H2,(H,16,18). The quantitative estimate of drug-likeness (QED) is 0.274. The van der Waals surface area contributed by atoms with Crippen LogP contribution in [-0.4, -0.2) is 87.6 Å². The summed E-state index contributed by atoms with van der Waals surface area (Å²) < 4.78 is 8.53. The first kappa shape index (κ1) is 32.3. The molecule has 2 aromatic carbocycles. The lowest BCUT2D eigenvalue weighted by Gasteiger charge is -2.32. The Morgan fingerprint density at radius 2 is 1.70 bits per heavy atom. The minimum absolute atomic E-state index is 0.0738. The van der Waals surface area contributed by atoms with Crippen LogP contribution in [-0.2, 0) is 34.3 Å². The number of nitrogens with zero attached hydrogens (tertiary/aromatic N) is 6. The summed E-state index contributed by atoms with van der Waals surface area (Å²) in [6, 6.07) is 20.6. The van der Waals surface area contributed by atoms with Gasteiger partial charge < -0.3 is 15.4 Å². The van der Waals surface area contributed by atoms with Crippen LogP contribution in [0.1, 0.15) is 28.5 Å². The molecule has 1 fully saturated rings. The fourth-order valence-electron chi connectivity index (χ4n) is 5.42. The summed E-state index contributed by atoms with van der Waals surface area (Å²) in [6.45, 7) is 10.6. The van der Waals surface area contributed by atoms with E-state index < -0.39 is 6.04 Å². The van der Waals surface area contributed by atoms with Gasteiger partial charge in [-0.05, 0) is 30.7 Å². The third-order valence-electron chi connectivity index (χ3n) is 7.87. The number of aryl methyl sites for hydroxylation is 1. The first-order valence-corrected chi connectivity index (χ1v) is 15.4. The van der Waals surface area contributed by atoms with Crippen molar-refractivity contribution in [3.8, 4) is 5.69 Å². The third kappa shape index (κ3) is 7.76. The van der Waals surface area contributed by atoms with E-state index in [2.05, 4.69) is 32.3 Å². The van der Waals surface area contributed by atoms with E-state index in [1.165, 1.54) is 4.68 Å². The Kier molecular flexibility index (Phi) is 10.7. The molecule has 4 aromatic rings. The molecule has 6 rings (SSSR count). The predicted molar refractivity (Wildman–Crippen MR) is 174 cm³/mol. The van der Waals surface area contributed by atoms with Crippen LogP contribution in [0.4, 0.5) is 5.82 Å². The molecule has 1 atom stereocenters. The van der Waals surface area contributed by atoms with Gasteiger partial charge in [0.1, 0.15) is 17.6 Å². The van der Waals surface area contributed by atoms with Gasteiger partial charge in [0.15, 0.2) is 0 Å². The van der Waals surface area contributed by atoms with Crippen LogP contribution in [0.15, 0.2) is 91.3 Å². The molecule has 0 aliphatic carbocycles. The monoisotopic (exact) mass is 624 g/mol. The summed E-state index contributed by atoms with van der Waals surface area (Å²) in [5.74, 6) is 0.233. The maximum atomic E-state index is 13.0. The van der Waals surface area contributed by atoms with Crippen LogP contribution in [0.3, 0.4) is 0 Å². The second kappa shape index (κ2) is 15.3. The van der Waals surface area contributed by atoms with Gasteiger partial charge in [-0.15, -0.1) is 0 Å². The highest BCUT2D eigenvalue weighted by Crippen LogP contribution is 2.30. The summed E-state index contributed by atoms with van der Waals surface area (Å²) in [7, 11) is 1.69. The lowest BCUT2D eigenvalue weighted by Crippen LogP contribution is -2.53. The molecule has 0 bridgehead atoms. The smallest absolute Gasteiger partial charge is 0.270 e. The summed E-state index contributed by atoms with van der Waals surface area (Å²) in [5, 5.41) is 14.2. The van der Waals surface area contributed by atoms with Gasteiger partial charge in [0, 0.05) is 63.5 Å². The number of morpholine rings is 1. The molecule has 12 heteroatoms.